The number of benzene rings is 1. The lowest BCUT2D eigenvalue weighted by molar-refractivity contribution is -0.142. The Labute approximate surface area is 82.8 Å². The van der Waals surface area contributed by atoms with Gasteiger partial charge in [0, 0.05) is 0 Å². The van der Waals surface area contributed by atoms with Crippen LogP contribution >= 0.6 is 0 Å². The van der Waals surface area contributed by atoms with Gasteiger partial charge in [-0.2, -0.15) is 0 Å². The number of nitrogens with zero attached hydrogens (tertiary/aromatic N) is 1. The Balaban J connectivity index is 3.10. The number of aliphatic carboxylic acids is 1. The van der Waals surface area contributed by atoms with Gasteiger partial charge in [0.05, 0.1) is 12.0 Å². The monoisotopic (exact) mass is 189 g/mol. The third-order valence-corrected chi connectivity index (χ3v) is 2.25. The van der Waals surface area contributed by atoms with E-state index in [1.54, 1.807) is 38.1 Å². The third-order valence-electron chi connectivity index (χ3n) is 2.25. The van der Waals surface area contributed by atoms with E-state index in [1.807, 2.05) is 0 Å². The van der Waals surface area contributed by atoms with Crippen LogP contribution in [0.4, 0.5) is 5.69 Å². The van der Waals surface area contributed by atoms with E-state index in [0.29, 0.717) is 11.3 Å². The minimum atomic E-state index is -0.902. The summed E-state index contributed by atoms with van der Waals surface area (Å²) in [4.78, 5) is 14.2. The fourth-order valence-corrected chi connectivity index (χ4v) is 1.08. The molecule has 0 saturated heterocycles. The third kappa shape index (κ3) is 1.74. The minimum absolute atomic E-state index is 0.523. The second-order valence-electron chi connectivity index (χ2n) is 3.59. The molecule has 0 aliphatic carbocycles. The van der Waals surface area contributed by atoms with Crippen molar-refractivity contribution in [2.24, 2.45) is 0 Å². The molecule has 0 aromatic heterocycles. The van der Waals surface area contributed by atoms with Gasteiger partial charge in [-0.3, -0.25) is 4.79 Å². The molecule has 1 aromatic rings. The fraction of sp³-hybridized carbons (Fsp3) is 0.273. The highest BCUT2D eigenvalue weighted by molar-refractivity contribution is 5.80. The predicted octanol–water partition coefficient (Wildman–Crippen LogP) is 2.60. The first kappa shape index (κ1) is 10.3. The van der Waals surface area contributed by atoms with E-state index in [4.69, 9.17) is 11.7 Å². The van der Waals surface area contributed by atoms with Crippen molar-refractivity contribution in [2.45, 2.75) is 19.3 Å². The quantitative estimate of drug-likeness (QED) is 0.726. The summed E-state index contributed by atoms with van der Waals surface area (Å²) in [6, 6.07) is 6.63. The van der Waals surface area contributed by atoms with E-state index in [2.05, 4.69) is 4.85 Å². The van der Waals surface area contributed by atoms with E-state index < -0.39 is 11.4 Å². The molecule has 0 heterocycles. The van der Waals surface area contributed by atoms with Crippen molar-refractivity contribution in [1.82, 2.24) is 0 Å². The van der Waals surface area contributed by atoms with Gasteiger partial charge in [0.1, 0.15) is 0 Å². The standard InChI is InChI=1S/C11H11NO2/c1-11(2,10(13)14)8-4-6-9(12-3)7-5-8/h4-7H,1-2H3,(H,13,14). The molecule has 0 spiro atoms. The van der Waals surface area contributed by atoms with Gasteiger partial charge < -0.3 is 5.11 Å². The van der Waals surface area contributed by atoms with Gasteiger partial charge in [0.15, 0.2) is 5.69 Å². The lowest BCUT2D eigenvalue weighted by Crippen LogP contribution is -2.28. The van der Waals surface area contributed by atoms with Crippen LogP contribution in [0, 0.1) is 6.57 Å². The molecule has 0 unspecified atom stereocenters. The maximum absolute atomic E-state index is 10.9. The maximum Gasteiger partial charge on any atom is 0.313 e. The number of rotatable bonds is 2. The van der Waals surface area contributed by atoms with Crippen LogP contribution in [0.25, 0.3) is 4.85 Å². The summed E-state index contributed by atoms with van der Waals surface area (Å²) >= 11 is 0. The maximum atomic E-state index is 10.9. The molecule has 1 aromatic carbocycles. The zero-order valence-electron chi connectivity index (χ0n) is 8.11. The highest BCUT2D eigenvalue weighted by atomic mass is 16.4. The molecule has 0 saturated carbocycles. The van der Waals surface area contributed by atoms with Gasteiger partial charge in [0.25, 0.3) is 0 Å². The Hall–Kier alpha value is -1.82. The van der Waals surface area contributed by atoms with E-state index in [0.717, 1.165) is 0 Å². The van der Waals surface area contributed by atoms with Crippen molar-refractivity contribution < 1.29 is 9.90 Å². The Kier molecular flexibility index (Phi) is 2.57. The summed E-state index contributed by atoms with van der Waals surface area (Å²) in [5.74, 6) is -0.868. The smallest absolute Gasteiger partial charge is 0.313 e. The molecule has 0 bridgehead atoms. The molecule has 0 fully saturated rings. The molecule has 0 radical (unpaired) electrons. The lowest BCUT2D eigenvalue weighted by atomic mass is 9.85. The number of carbonyl (C=O) groups is 1. The zero-order valence-corrected chi connectivity index (χ0v) is 8.11. The van der Waals surface area contributed by atoms with Crippen molar-refractivity contribution in [2.75, 3.05) is 0 Å². The first-order valence-corrected chi connectivity index (χ1v) is 4.20. The Morgan fingerprint density at radius 2 is 1.86 bits per heavy atom. The second kappa shape index (κ2) is 3.51. The van der Waals surface area contributed by atoms with Crippen LogP contribution in [-0.2, 0) is 10.2 Å². The summed E-state index contributed by atoms with van der Waals surface area (Å²) in [6.07, 6.45) is 0. The molecule has 0 aliphatic heterocycles. The van der Waals surface area contributed by atoms with E-state index >= 15 is 0 Å². The topological polar surface area (TPSA) is 41.7 Å². The number of carboxylic acid groups (broad SMARTS) is 1. The van der Waals surface area contributed by atoms with Crippen LogP contribution < -0.4 is 0 Å². The number of carboxylic acids is 1. The Morgan fingerprint density at radius 3 is 2.21 bits per heavy atom. The molecular weight excluding hydrogens is 178 g/mol. The highest BCUT2D eigenvalue weighted by Crippen LogP contribution is 2.25. The molecule has 1 N–H and O–H groups in total. The van der Waals surface area contributed by atoms with Crippen molar-refractivity contribution in [3.05, 3.63) is 41.2 Å². The number of hydrogen-bond acceptors (Lipinski definition) is 1. The largest absolute Gasteiger partial charge is 0.481 e. The summed E-state index contributed by atoms with van der Waals surface area (Å²) in [6.45, 7) is 10.0. The molecule has 1 rings (SSSR count). The molecule has 0 atom stereocenters. The van der Waals surface area contributed by atoms with Crippen molar-refractivity contribution in [1.29, 1.82) is 0 Å². The Morgan fingerprint density at radius 1 is 1.36 bits per heavy atom. The van der Waals surface area contributed by atoms with Crippen LogP contribution in [0.15, 0.2) is 24.3 Å². The van der Waals surface area contributed by atoms with Gasteiger partial charge in [-0.1, -0.05) is 24.3 Å². The second-order valence-corrected chi connectivity index (χ2v) is 3.59. The molecular formula is C11H11NO2. The minimum Gasteiger partial charge on any atom is -0.481 e. The van der Waals surface area contributed by atoms with Crippen LogP contribution in [0.1, 0.15) is 19.4 Å². The SMILES string of the molecule is [C-]#[N+]c1ccc(C(C)(C)C(=O)O)cc1. The van der Waals surface area contributed by atoms with E-state index in [1.165, 1.54) is 0 Å². The van der Waals surface area contributed by atoms with E-state index in [-0.39, 0.29) is 0 Å². The molecule has 3 heteroatoms. The average Bonchev–Trinajstić information content (AvgIpc) is 2.17. The van der Waals surface area contributed by atoms with Gasteiger partial charge >= 0.3 is 5.97 Å². The predicted molar refractivity (Wildman–Crippen MR) is 53.4 cm³/mol. The van der Waals surface area contributed by atoms with Crippen molar-refractivity contribution in [3.8, 4) is 0 Å². The van der Waals surface area contributed by atoms with Gasteiger partial charge in [-0.15, -0.1) is 0 Å². The summed E-state index contributed by atoms with van der Waals surface area (Å²) < 4.78 is 0. The van der Waals surface area contributed by atoms with Crippen LogP contribution in [0.5, 0.6) is 0 Å². The van der Waals surface area contributed by atoms with E-state index in [9.17, 15) is 4.79 Å². The van der Waals surface area contributed by atoms with Crippen LogP contribution in [-0.4, -0.2) is 11.1 Å². The first-order valence-electron chi connectivity index (χ1n) is 4.20. The van der Waals surface area contributed by atoms with Crippen LogP contribution in [0.3, 0.4) is 0 Å². The van der Waals surface area contributed by atoms with Gasteiger partial charge in [0.2, 0.25) is 0 Å². The van der Waals surface area contributed by atoms with Crippen molar-refractivity contribution in [3.63, 3.8) is 0 Å². The summed E-state index contributed by atoms with van der Waals surface area (Å²) in [5.41, 5.74) is 0.327. The molecule has 3 nitrogen and oxygen atoms in total. The highest BCUT2D eigenvalue weighted by Gasteiger charge is 2.28. The van der Waals surface area contributed by atoms with Gasteiger partial charge in [-0.25, -0.2) is 4.85 Å². The van der Waals surface area contributed by atoms with Crippen LogP contribution in [0.2, 0.25) is 0 Å². The lowest BCUT2D eigenvalue weighted by Gasteiger charge is -2.19. The molecule has 72 valence electrons. The Bertz CT molecular complexity index is 385. The van der Waals surface area contributed by atoms with Gasteiger partial charge in [-0.05, 0) is 19.4 Å². The molecule has 14 heavy (non-hydrogen) atoms. The molecule has 0 amide bonds. The zero-order chi connectivity index (χ0) is 10.8. The number of hydrogen-bond donors (Lipinski definition) is 1. The molecule has 0 aliphatic rings. The normalized spacial score (nSPS) is 10.6. The fourth-order valence-electron chi connectivity index (χ4n) is 1.08. The average molecular weight is 189 g/mol. The summed E-state index contributed by atoms with van der Waals surface area (Å²) in [5, 5.41) is 8.96. The van der Waals surface area contributed by atoms with Crippen molar-refractivity contribution >= 4 is 11.7 Å². The first-order chi connectivity index (χ1) is 6.48. The summed E-state index contributed by atoms with van der Waals surface area (Å²) in [7, 11) is 0.